The van der Waals surface area contributed by atoms with Gasteiger partial charge in [-0.1, -0.05) is 97.3 Å². The minimum absolute atomic E-state index is 0.0317. The molecule has 0 aliphatic heterocycles. The van der Waals surface area contributed by atoms with E-state index in [0.29, 0.717) is 13.0 Å². The Balaban J connectivity index is 3.21. The van der Waals surface area contributed by atoms with Gasteiger partial charge in [-0.15, -0.1) is 0 Å². The van der Waals surface area contributed by atoms with Crippen LogP contribution in [0.3, 0.4) is 0 Å². The zero-order valence-electron chi connectivity index (χ0n) is 16.2. The summed E-state index contributed by atoms with van der Waals surface area (Å²) >= 11 is 0. The number of ether oxygens (including phenoxy) is 1. The molecule has 0 radical (unpaired) electrons. The zero-order chi connectivity index (χ0) is 17.2. The number of hydrogen-bond acceptors (Lipinski definition) is 2. The molecule has 2 nitrogen and oxygen atoms in total. The molecule has 0 aromatic carbocycles. The Bertz CT molecular complexity index is 250. The zero-order valence-corrected chi connectivity index (χ0v) is 16.2. The predicted octanol–water partition coefficient (Wildman–Crippen LogP) is 7.06. The first-order valence-electron chi connectivity index (χ1n) is 10.4. The van der Waals surface area contributed by atoms with E-state index in [0.717, 1.165) is 12.3 Å². The Morgan fingerprint density at radius 3 is 1.74 bits per heavy atom. The van der Waals surface area contributed by atoms with Crippen molar-refractivity contribution < 1.29 is 9.53 Å². The fraction of sp³-hybridized carbons (Fsp3) is 0.952. The van der Waals surface area contributed by atoms with Crippen molar-refractivity contribution >= 4 is 5.97 Å². The lowest BCUT2D eigenvalue weighted by atomic mass is 9.96. The third-order valence-corrected chi connectivity index (χ3v) is 4.68. The predicted molar refractivity (Wildman–Crippen MR) is 101 cm³/mol. The number of carbonyl (C=O) groups is 1. The summed E-state index contributed by atoms with van der Waals surface area (Å²) < 4.78 is 4.94. The van der Waals surface area contributed by atoms with E-state index >= 15 is 0 Å². The van der Waals surface area contributed by atoms with Crippen molar-refractivity contribution in [3.05, 3.63) is 0 Å². The highest BCUT2D eigenvalue weighted by Crippen LogP contribution is 2.18. The van der Waals surface area contributed by atoms with Gasteiger partial charge < -0.3 is 4.74 Å². The van der Waals surface area contributed by atoms with Crippen molar-refractivity contribution in [3.8, 4) is 0 Å². The van der Waals surface area contributed by atoms with Crippen LogP contribution in [0.15, 0.2) is 0 Å². The Morgan fingerprint density at radius 1 is 0.739 bits per heavy atom. The highest BCUT2D eigenvalue weighted by Gasteiger charge is 2.03. The van der Waals surface area contributed by atoms with Crippen molar-refractivity contribution in [1.82, 2.24) is 0 Å². The summed E-state index contributed by atoms with van der Waals surface area (Å²) in [4.78, 5) is 11.2. The lowest BCUT2D eigenvalue weighted by Gasteiger charge is -2.11. The Hall–Kier alpha value is -0.530. The average molecular weight is 327 g/mol. The summed E-state index contributed by atoms with van der Waals surface area (Å²) in [5, 5.41) is 0. The maximum absolute atomic E-state index is 11.2. The molecule has 0 aromatic heterocycles. The lowest BCUT2D eigenvalue weighted by Crippen LogP contribution is -2.03. The quantitative estimate of drug-likeness (QED) is 0.211. The number of hydrogen-bond donors (Lipinski definition) is 0. The maximum atomic E-state index is 11.2. The lowest BCUT2D eigenvalue weighted by molar-refractivity contribution is -0.143. The first-order chi connectivity index (χ1) is 11.2. The topological polar surface area (TPSA) is 26.3 Å². The molecule has 0 fully saturated rings. The van der Waals surface area contributed by atoms with Gasteiger partial charge >= 0.3 is 5.97 Å². The van der Waals surface area contributed by atoms with Gasteiger partial charge in [-0.2, -0.15) is 0 Å². The molecule has 0 saturated heterocycles. The molecule has 0 N–H and O–H groups in total. The minimum Gasteiger partial charge on any atom is -0.466 e. The number of carbonyl (C=O) groups excluding carboxylic acids is 1. The van der Waals surface area contributed by atoms with E-state index in [1.807, 2.05) is 6.92 Å². The first-order valence-corrected chi connectivity index (χ1v) is 10.4. The van der Waals surface area contributed by atoms with Gasteiger partial charge in [-0.25, -0.2) is 0 Å². The highest BCUT2D eigenvalue weighted by molar-refractivity contribution is 5.69. The fourth-order valence-electron chi connectivity index (χ4n) is 3.12. The number of unbranched alkanes of at least 4 members (excludes halogenated alkanes) is 10. The molecule has 0 aromatic rings. The summed E-state index contributed by atoms with van der Waals surface area (Å²) in [6.07, 6.45) is 19.4. The Morgan fingerprint density at radius 2 is 1.22 bits per heavy atom. The van der Waals surface area contributed by atoms with Crippen LogP contribution in [0.5, 0.6) is 0 Å². The number of rotatable bonds is 17. The molecule has 1 unspecified atom stereocenters. The van der Waals surface area contributed by atoms with Crippen molar-refractivity contribution in [2.24, 2.45) is 5.92 Å². The molecular weight excluding hydrogens is 284 g/mol. The normalized spacial score (nSPS) is 12.3. The molecule has 0 spiro atoms. The minimum atomic E-state index is -0.0317. The molecule has 23 heavy (non-hydrogen) atoms. The van der Waals surface area contributed by atoms with E-state index in [1.54, 1.807) is 0 Å². The molecule has 0 rings (SSSR count). The second-order valence-electron chi connectivity index (χ2n) is 7.13. The average Bonchev–Trinajstić information content (AvgIpc) is 2.53. The van der Waals surface area contributed by atoms with E-state index in [2.05, 4.69) is 13.8 Å². The van der Waals surface area contributed by atoms with Crippen molar-refractivity contribution in [2.75, 3.05) is 6.61 Å². The third-order valence-electron chi connectivity index (χ3n) is 4.68. The second kappa shape index (κ2) is 17.8. The molecule has 0 aliphatic carbocycles. The van der Waals surface area contributed by atoms with Gasteiger partial charge in [0.1, 0.15) is 0 Å². The maximum Gasteiger partial charge on any atom is 0.305 e. The summed E-state index contributed by atoms with van der Waals surface area (Å²) in [6.45, 7) is 7.07. The van der Waals surface area contributed by atoms with Crippen molar-refractivity contribution in [1.29, 1.82) is 0 Å². The fourth-order valence-corrected chi connectivity index (χ4v) is 3.12. The van der Waals surface area contributed by atoms with E-state index < -0.39 is 0 Å². The molecule has 2 heteroatoms. The standard InChI is InChI=1S/C21H42O2/c1-4-6-7-8-9-11-14-17-20(3)18-15-12-10-13-16-19-21(22)23-5-2/h20H,4-19H2,1-3H3. The van der Waals surface area contributed by atoms with Crippen LogP contribution in [-0.2, 0) is 9.53 Å². The van der Waals surface area contributed by atoms with Gasteiger partial charge in [-0.05, 0) is 19.3 Å². The molecule has 0 heterocycles. The Labute approximate surface area is 145 Å². The van der Waals surface area contributed by atoms with Crippen LogP contribution < -0.4 is 0 Å². The van der Waals surface area contributed by atoms with Crippen LogP contribution in [0.1, 0.15) is 117 Å². The number of esters is 1. The van der Waals surface area contributed by atoms with Gasteiger partial charge in [-0.3, -0.25) is 4.79 Å². The van der Waals surface area contributed by atoms with Crippen LogP contribution in [-0.4, -0.2) is 12.6 Å². The smallest absolute Gasteiger partial charge is 0.305 e. The van der Waals surface area contributed by atoms with Gasteiger partial charge in [0.05, 0.1) is 6.61 Å². The molecule has 0 saturated carbocycles. The van der Waals surface area contributed by atoms with Crippen molar-refractivity contribution in [3.63, 3.8) is 0 Å². The van der Waals surface area contributed by atoms with Crippen LogP contribution in [0.2, 0.25) is 0 Å². The van der Waals surface area contributed by atoms with Crippen LogP contribution in [0.4, 0.5) is 0 Å². The largest absolute Gasteiger partial charge is 0.466 e. The van der Waals surface area contributed by atoms with Crippen molar-refractivity contribution in [2.45, 2.75) is 117 Å². The highest BCUT2D eigenvalue weighted by atomic mass is 16.5. The monoisotopic (exact) mass is 326 g/mol. The van der Waals surface area contributed by atoms with Gasteiger partial charge in [0.15, 0.2) is 0 Å². The molecule has 0 amide bonds. The van der Waals surface area contributed by atoms with Gasteiger partial charge in [0.2, 0.25) is 0 Å². The molecular formula is C21H42O2. The van der Waals surface area contributed by atoms with Gasteiger partial charge in [0, 0.05) is 6.42 Å². The van der Waals surface area contributed by atoms with E-state index in [1.165, 1.54) is 83.5 Å². The van der Waals surface area contributed by atoms with Crippen LogP contribution in [0.25, 0.3) is 0 Å². The molecule has 138 valence electrons. The second-order valence-corrected chi connectivity index (χ2v) is 7.13. The van der Waals surface area contributed by atoms with Gasteiger partial charge in [0.25, 0.3) is 0 Å². The summed E-state index contributed by atoms with van der Waals surface area (Å²) in [6, 6.07) is 0. The summed E-state index contributed by atoms with van der Waals surface area (Å²) in [5.74, 6) is 0.862. The summed E-state index contributed by atoms with van der Waals surface area (Å²) in [7, 11) is 0. The molecule has 0 aliphatic rings. The van der Waals surface area contributed by atoms with E-state index in [9.17, 15) is 4.79 Å². The first kappa shape index (κ1) is 22.5. The van der Waals surface area contributed by atoms with Crippen LogP contribution >= 0.6 is 0 Å². The molecule has 1 atom stereocenters. The van der Waals surface area contributed by atoms with Crippen LogP contribution in [0, 0.1) is 5.92 Å². The van der Waals surface area contributed by atoms with E-state index in [4.69, 9.17) is 4.74 Å². The third kappa shape index (κ3) is 17.7. The Kier molecular flexibility index (Phi) is 17.4. The SMILES string of the molecule is CCCCCCCCCC(C)CCCCCCCC(=O)OCC. The van der Waals surface area contributed by atoms with E-state index in [-0.39, 0.29) is 5.97 Å². The molecule has 0 bridgehead atoms. The summed E-state index contributed by atoms with van der Waals surface area (Å²) in [5.41, 5.74) is 0.